The maximum absolute atomic E-state index is 13.3. The highest BCUT2D eigenvalue weighted by molar-refractivity contribution is 7.92. The number of piperidine rings is 1. The molecule has 3 heterocycles. The van der Waals surface area contributed by atoms with E-state index in [-0.39, 0.29) is 10.7 Å². The molecule has 7 heteroatoms. The summed E-state index contributed by atoms with van der Waals surface area (Å²) in [6.45, 7) is 10.2. The number of sulfone groups is 1. The fourth-order valence-corrected chi connectivity index (χ4v) is 8.29. The molecule has 33 heavy (non-hydrogen) atoms. The van der Waals surface area contributed by atoms with Gasteiger partial charge in [0.1, 0.15) is 17.0 Å². The minimum atomic E-state index is -3.34. The summed E-state index contributed by atoms with van der Waals surface area (Å²) in [4.78, 5) is 14.5. The van der Waals surface area contributed by atoms with E-state index in [0.29, 0.717) is 30.8 Å². The van der Waals surface area contributed by atoms with E-state index in [2.05, 4.69) is 42.6 Å². The van der Waals surface area contributed by atoms with Crippen LogP contribution in [0.3, 0.4) is 0 Å². The van der Waals surface area contributed by atoms with Gasteiger partial charge in [0, 0.05) is 18.0 Å². The quantitative estimate of drug-likeness (QED) is 0.488. The van der Waals surface area contributed by atoms with Crippen LogP contribution in [-0.4, -0.2) is 36.7 Å². The van der Waals surface area contributed by atoms with Gasteiger partial charge in [0.05, 0.1) is 15.5 Å². The van der Waals surface area contributed by atoms with E-state index in [0.717, 1.165) is 35.0 Å². The first-order valence-electron chi connectivity index (χ1n) is 12.0. The van der Waals surface area contributed by atoms with Crippen molar-refractivity contribution in [3.8, 4) is 0 Å². The molecule has 0 bridgehead atoms. The van der Waals surface area contributed by atoms with Crippen molar-refractivity contribution in [1.29, 1.82) is 0 Å². The van der Waals surface area contributed by atoms with E-state index in [9.17, 15) is 8.42 Å². The summed E-state index contributed by atoms with van der Waals surface area (Å²) in [5.74, 6) is 1.72. The van der Waals surface area contributed by atoms with Crippen LogP contribution in [0.25, 0.3) is 10.2 Å². The zero-order valence-corrected chi connectivity index (χ0v) is 21.6. The minimum Gasteiger partial charge on any atom is -0.356 e. The Morgan fingerprint density at radius 2 is 1.73 bits per heavy atom. The van der Waals surface area contributed by atoms with Gasteiger partial charge in [-0.15, -0.1) is 11.3 Å². The van der Waals surface area contributed by atoms with Gasteiger partial charge in [-0.3, -0.25) is 0 Å². The van der Waals surface area contributed by atoms with Gasteiger partial charge >= 0.3 is 0 Å². The number of rotatable bonds is 3. The number of anilines is 1. The van der Waals surface area contributed by atoms with E-state index in [1.54, 1.807) is 18.5 Å². The zero-order valence-electron chi connectivity index (χ0n) is 20.0. The molecule has 5 rings (SSSR count). The number of thiophene rings is 1. The molecule has 0 saturated carbocycles. The first kappa shape index (κ1) is 22.8. The molecule has 1 fully saturated rings. The predicted molar refractivity (Wildman–Crippen MR) is 136 cm³/mol. The van der Waals surface area contributed by atoms with Gasteiger partial charge in [-0.05, 0) is 66.7 Å². The molecule has 5 nitrogen and oxygen atoms in total. The van der Waals surface area contributed by atoms with Crippen molar-refractivity contribution >= 4 is 37.2 Å². The maximum Gasteiger partial charge on any atom is 0.181 e. The van der Waals surface area contributed by atoms with Crippen LogP contribution in [0.15, 0.2) is 35.5 Å². The molecule has 1 aromatic carbocycles. The highest BCUT2D eigenvalue weighted by atomic mass is 32.2. The molecule has 176 valence electrons. The molecule has 1 aliphatic carbocycles. The Bertz CT molecular complexity index is 1270. The molecule has 0 radical (unpaired) electrons. The summed E-state index contributed by atoms with van der Waals surface area (Å²) in [6.07, 6.45) is 6.34. The van der Waals surface area contributed by atoms with Crippen LogP contribution in [0, 0.1) is 5.92 Å². The van der Waals surface area contributed by atoms with Crippen molar-refractivity contribution in [2.75, 3.05) is 18.0 Å². The topological polar surface area (TPSA) is 63.2 Å². The molecule has 1 aliphatic heterocycles. The number of hydrogen-bond donors (Lipinski definition) is 0. The Morgan fingerprint density at radius 3 is 2.39 bits per heavy atom. The van der Waals surface area contributed by atoms with Gasteiger partial charge in [0.25, 0.3) is 0 Å². The lowest BCUT2D eigenvalue weighted by molar-refractivity contribution is 0.509. The number of aryl methyl sites for hydroxylation is 1. The normalized spacial score (nSPS) is 20.2. The molecule has 0 amide bonds. The van der Waals surface area contributed by atoms with Gasteiger partial charge in [0.2, 0.25) is 0 Å². The molecular formula is C26H33N3O2S2. The third kappa shape index (κ3) is 4.18. The second-order valence-electron chi connectivity index (χ2n) is 10.7. The number of fused-ring (bicyclic) bond motifs is 3. The smallest absolute Gasteiger partial charge is 0.181 e. The van der Waals surface area contributed by atoms with Gasteiger partial charge in [-0.1, -0.05) is 39.8 Å². The Kier molecular flexibility index (Phi) is 5.76. The molecular weight excluding hydrogens is 450 g/mol. The zero-order chi connectivity index (χ0) is 23.4. The minimum absolute atomic E-state index is 0.00932. The van der Waals surface area contributed by atoms with Crippen LogP contribution in [0.2, 0.25) is 0 Å². The molecule has 3 aromatic rings. The van der Waals surface area contributed by atoms with Crippen LogP contribution >= 0.6 is 11.3 Å². The Hall–Kier alpha value is -1.99. The molecule has 2 aliphatic rings. The van der Waals surface area contributed by atoms with Gasteiger partial charge < -0.3 is 4.90 Å². The predicted octanol–water partition coefficient (Wildman–Crippen LogP) is 5.56. The van der Waals surface area contributed by atoms with Crippen LogP contribution < -0.4 is 4.90 Å². The molecule has 0 N–H and O–H groups in total. The summed E-state index contributed by atoms with van der Waals surface area (Å²) in [5, 5.41) is 0.868. The van der Waals surface area contributed by atoms with Crippen molar-refractivity contribution in [3.63, 3.8) is 0 Å². The van der Waals surface area contributed by atoms with Gasteiger partial charge in [-0.25, -0.2) is 18.4 Å². The van der Waals surface area contributed by atoms with E-state index in [1.165, 1.54) is 22.2 Å². The lowest BCUT2D eigenvalue weighted by Crippen LogP contribution is -2.40. The Labute approximate surface area is 201 Å². The molecule has 1 unspecified atom stereocenters. The molecule has 2 aromatic heterocycles. The van der Waals surface area contributed by atoms with Crippen LogP contribution in [0.5, 0.6) is 0 Å². The highest BCUT2D eigenvalue weighted by Crippen LogP contribution is 2.41. The van der Waals surface area contributed by atoms with Crippen molar-refractivity contribution in [2.24, 2.45) is 5.92 Å². The summed E-state index contributed by atoms with van der Waals surface area (Å²) in [6, 6.07) is 7.49. The number of aromatic nitrogens is 2. The summed E-state index contributed by atoms with van der Waals surface area (Å²) >= 11 is 1.81. The van der Waals surface area contributed by atoms with Gasteiger partial charge in [-0.2, -0.15) is 0 Å². The first-order chi connectivity index (χ1) is 15.6. The third-order valence-corrected chi connectivity index (χ3v) is 10.7. The van der Waals surface area contributed by atoms with Crippen molar-refractivity contribution in [2.45, 2.75) is 75.4 Å². The molecule has 1 atom stereocenters. The Morgan fingerprint density at radius 1 is 1.03 bits per heavy atom. The van der Waals surface area contributed by atoms with E-state index in [4.69, 9.17) is 0 Å². The summed E-state index contributed by atoms with van der Waals surface area (Å²) in [7, 11) is -3.34. The summed E-state index contributed by atoms with van der Waals surface area (Å²) in [5.41, 5.74) is 2.59. The lowest BCUT2D eigenvalue weighted by Gasteiger charge is -2.33. The van der Waals surface area contributed by atoms with E-state index >= 15 is 0 Å². The van der Waals surface area contributed by atoms with E-state index < -0.39 is 9.84 Å². The largest absolute Gasteiger partial charge is 0.356 e. The molecule has 0 spiro atoms. The maximum atomic E-state index is 13.3. The fraction of sp³-hybridized carbons (Fsp3) is 0.538. The highest BCUT2D eigenvalue weighted by Gasteiger charge is 2.33. The van der Waals surface area contributed by atoms with Crippen LogP contribution in [0.1, 0.15) is 63.0 Å². The van der Waals surface area contributed by atoms with Crippen molar-refractivity contribution in [1.82, 2.24) is 9.97 Å². The number of nitrogens with zero attached hydrogens (tertiary/aromatic N) is 3. The second-order valence-corrected chi connectivity index (χ2v) is 14.0. The lowest BCUT2D eigenvalue weighted by atomic mass is 9.87. The summed E-state index contributed by atoms with van der Waals surface area (Å²) < 4.78 is 26.7. The van der Waals surface area contributed by atoms with Crippen molar-refractivity contribution in [3.05, 3.63) is 46.6 Å². The average molecular weight is 484 g/mol. The Balaban J connectivity index is 1.36. The van der Waals surface area contributed by atoms with Crippen LogP contribution in [-0.2, 0) is 28.1 Å². The SMILES string of the molecule is CC1CCc2c(sc3ncnc(N4CCC(S(=O)(=O)c5ccc(C(C)(C)C)cc5)CC4)c23)C1. The number of hydrogen-bond acceptors (Lipinski definition) is 6. The number of benzene rings is 1. The van der Waals surface area contributed by atoms with E-state index in [1.807, 2.05) is 23.5 Å². The second kappa shape index (κ2) is 8.35. The average Bonchev–Trinajstić information content (AvgIpc) is 3.16. The monoisotopic (exact) mass is 483 g/mol. The molecule has 1 saturated heterocycles. The van der Waals surface area contributed by atoms with Crippen LogP contribution in [0.4, 0.5) is 5.82 Å². The van der Waals surface area contributed by atoms with Gasteiger partial charge in [0.15, 0.2) is 9.84 Å². The standard InChI is InChI=1S/C26H33N3O2S2/c1-17-5-10-21-22(15-17)32-25-23(21)24(27-16-28-25)29-13-11-20(12-14-29)33(30,31)19-8-6-18(7-9-19)26(2,3)4/h6-9,16-17,20H,5,10-15H2,1-4H3. The fourth-order valence-electron chi connectivity index (χ4n) is 5.21. The first-order valence-corrected chi connectivity index (χ1v) is 14.4. The third-order valence-electron chi connectivity index (χ3n) is 7.30. The van der Waals surface area contributed by atoms with Crippen molar-refractivity contribution < 1.29 is 8.42 Å².